The van der Waals surface area contributed by atoms with Crippen molar-refractivity contribution < 1.29 is 21.9 Å². The summed E-state index contributed by atoms with van der Waals surface area (Å²) in [4.78, 5) is -0.225. The maximum absolute atomic E-state index is 13.5. The second-order valence-corrected chi connectivity index (χ2v) is 6.02. The normalized spacial score (nSPS) is 11.4. The SMILES string of the molecule is COc1ccc(S(=O)(=O)NCc2cccc(F)c2)cc1F. The van der Waals surface area contributed by atoms with E-state index in [4.69, 9.17) is 4.74 Å². The van der Waals surface area contributed by atoms with Crippen LogP contribution in [0.3, 0.4) is 0 Å². The zero-order valence-corrected chi connectivity index (χ0v) is 12.0. The molecule has 0 aliphatic rings. The van der Waals surface area contributed by atoms with Crippen LogP contribution in [-0.2, 0) is 16.6 Å². The summed E-state index contributed by atoms with van der Waals surface area (Å²) in [7, 11) is -2.60. The van der Waals surface area contributed by atoms with Gasteiger partial charge in [-0.2, -0.15) is 0 Å². The molecule has 0 spiro atoms. The summed E-state index contributed by atoms with van der Waals surface area (Å²) in [5, 5.41) is 0. The lowest BCUT2D eigenvalue weighted by Crippen LogP contribution is -2.23. The van der Waals surface area contributed by atoms with Gasteiger partial charge in [0.25, 0.3) is 0 Å². The largest absolute Gasteiger partial charge is 0.494 e. The van der Waals surface area contributed by atoms with E-state index in [0.717, 1.165) is 6.07 Å². The Bertz CT molecular complexity index is 748. The van der Waals surface area contributed by atoms with E-state index in [0.29, 0.717) is 5.56 Å². The number of hydrogen-bond donors (Lipinski definition) is 1. The maximum Gasteiger partial charge on any atom is 0.240 e. The quantitative estimate of drug-likeness (QED) is 0.922. The number of benzene rings is 2. The van der Waals surface area contributed by atoms with Gasteiger partial charge in [-0.1, -0.05) is 12.1 Å². The van der Waals surface area contributed by atoms with Crippen LogP contribution in [0, 0.1) is 11.6 Å². The van der Waals surface area contributed by atoms with Crippen LogP contribution in [0.15, 0.2) is 47.4 Å². The maximum atomic E-state index is 13.5. The Hall–Kier alpha value is -1.99. The smallest absolute Gasteiger partial charge is 0.240 e. The number of sulfonamides is 1. The fourth-order valence-electron chi connectivity index (χ4n) is 1.72. The van der Waals surface area contributed by atoms with Crippen molar-refractivity contribution in [3.63, 3.8) is 0 Å². The Kier molecular flexibility index (Phi) is 4.54. The van der Waals surface area contributed by atoms with E-state index in [1.807, 2.05) is 0 Å². The Morgan fingerprint density at radius 3 is 2.52 bits per heavy atom. The Labute approximate surface area is 121 Å². The fraction of sp³-hybridized carbons (Fsp3) is 0.143. The first kappa shape index (κ1) is 15.4. The molecular weight excluding hydrogens is 300 g/mol. The topological polar surface area (TPSA) is 55.4 Å². The average molecular weight is 313 g/mol. The van der Waals surface area contributed by atoms with Gasteiger partial charge in [-0.15, -0.1) is 0 Å². The number of nitrogens with one attached hydrogen (secondary N) is 1. The molecule has 0 aromatic heterocycles. The summed E-state index contributed by atoms with van der Waals surface area (Å²) in [6.07, 6.45) is 0. The molecule has 1 N–H and O–H groups in total. The number of halogens is 2. The molecule has 2 aromatic rings. The highest BCUT2D eigenvalue weighted by Gasteiger charge is 2.16. The molecular formula is C14H13F2NO3S. The lowest BCUT2D eigenvalue weighted by Gasteiger charge is -2.08. The molecule has 2 aromatic carbocycles. The van der Waals surface area contributed by atoms with Crippen LogP contribution < -0.4 is 9.46 Å². The van der Waals surface area contributed by atoms with E-state index < -0.39 is 21.7 Å². The number of ether oxygens (including phenoxy) is 1. The molecule has 0 radical (unpaired) electrons. The van der Waals surface area contributed by atoms with E-state index in [9.17, 15) is 17.2 Å². The second kappa shape index (κ2) is 6.19. The third-order valence-electron chi connectivity index (χ3n) is 2.79. The van der Waals surface area contributed by atoms with Crippen molar-refractivity contribution in [1.29, 1.82) is 0 Å². The third kappa shape index (κ3) is 3.77. The molecule has 0 fully saturated rings. The first-order chi connectivity index (χ1) is 9.92. The van der Waals surface area contributed by atoms with Crippen LogP contribution >= 0.6 is 0 Å². The van der Waals surface area contributed by atoms with Crippen LogP contribution in [0.1, 0.15) is 5.56 Å². The van der Waals surface area contributed by atoms with Gasteiger partial charge in [0.1, 0.15) is 5.82 Å². The van der Waals surface area contributed by atoms with Gasteiger partial charge in [-0.05, 0) is 35.9 Å². The predicted octanol–water partition coefficient (Wildman–Crippen LogP) is 2.45. The van der Waals surface area contributed by atoms with E-state index in [1.165, 1.54) is 37.4 Å². The molecule has 0 amide bonds. The lowest BCUT2D eigenvalue weighted by molar-refractivity contribution is 0.385. The van der Waals surface area contributed by atoms with Crippen molar-refractivity contribution in [1.82, 2.24) is 4.72 Å². The fourth-order valence-corrected chi connectivity index (χ4v) is 2.75. The van der Waals surface area contributed by atoms with Crippen LogP contribution in [0.2, 0.25) is 0 Å². The van der Waals surface area contributed by atoms with Crippen molar-refractivity contribution in [2.45, 2.75) is 11.4 Å². The van der Waals surface area contributed by atoms with Crippen LogP contribution in [0.5, 0.6) is 5.75 Å². The third-order valence-corrected chi connectivity index (χ3v) is 4.19. The summed E-state index contributed by atoms with van der Waals surface area (Å²) >= 11 is 0. The number of hydrogen-bond acceptors (Lipinski definition) is 3. The molecule has 7 heteroatoms. The van der Waals surface area contributed by atoms with Crippen molar-refractivity contribution in [3.8, 4) is 5.75 Å². The molecule has 0 saturated carbocycles. The van der Waals surface area contributed by atoms with Gasteiger partial charge in [-0.25, -0.2) is 21.9 Å². The molecule has 0 aliphatic heterocycles. The summed E-state index contributed by atoms with van der Waals surface area (Å²) in [6, 6.07) is 8.87. The van der Waals surface area contributed by atoms with Gasteiger partial charge in [0.05, 0.1) is 12.0 Å². The van der Waals surface area contributed by atoms with Gasteiger partial charge in [0.15, 0.2) is 11.6 Å². The zero-order valence-electron chi connectivity index (χ0n) is 11.1. The van der Waals surface area contributed by atoms with E-state index in [-0.39, 0.29) is 17.2 Å². The van der Waals surface area contributed by atoms with Crippen molar-refractivity contribution in [3.05, 3.63) is 59.7 Å². The monoisotopic (exact) mass is 313 g/mol. The van der Waals surface area contributed by atoms with E-state index in [1.54, 1.807) is 6.07 Å². The summed E-state index contributed by atoms with van der Waals surface area (Å²) in [5.41, 5.74) is 0.465. The van der Waals surface area contributed by atoms with Crippen LogP contribution in [0.4, 0.5) is 8.78 Å². The first-order valence-corrected chi connectivity index (χ1v) is 7.48. The molecule has 112 valence electrons. The Balaban J connectivity index is 2.17. The summed E-state index contributed by atoms with van der Waals surface area (Å²) < 4.78 is 57.6. The van der Waals surface area contributed by atoms with Gasteiger partial charge < -0.3 is 4.74 Å². The second-order valence-electron chi connectivity index (χ2n) is 4.25. The Morgan fingerprint density at radius 1 is 1.14 bits per heavy atom. The van der Waals surface area contributed by atoms with Crippen molar-refractivity contribution in [2.75, 3.05) is 7.11 Å². The molecule has 0 unspecified atom stereocenters. The molecule has 0 aliphatic carbocycles. The minimum Gasteiger partial charge on any atom is -0.494 e. The van der Waals surface area contributed by atoms with Gasteiger partial charge in [0, 0.05) is 6.54 Å². The zero-order chi connectivity index (χ0) is 15.5. The minimum absolute atomic E-state index is 0.0425. The van der Waals surface area contributed by atoms with E-state index in [2.05, 4.69) is 4.72 Å². The molecule has 0 heterocycles. The molecule has 0 bridgehead atoms. The summed E-state index contributed by atoms with van der Waals surface area (Å²) in [6.45, 7) is -0.0895. The molecule has 2 rings (SSSR count). The minimum atomic E-state index is -3.89. The molecule has 21 heavy (non-hydrogen) atoms. The van der Waals surface area contributed by atoms with Gasteiger partial charge >= 0.3 is 0 Å². The van der Waals surface area contributed by atoms with Crippen molar-refractivity contribution in [2.24, 2.45) is 0 Å². The van der Waals surface area contributed by atoms with E-state index >= 15 is 0 Å². The Morgan fingerprint density at radius 2 is 1.90 bits per heavy atom. The summed E-state index contributed by atoms with van der Waals surface area (Å²) in [5.74, 6) is -1.27. The highest BCUT2D eigenvalue weighted by atomic mass is 32.2. The predicted molar refractivity (Wildman–Crippen MR) is 73.4 cm³/mol. The first-order valence-electron chi connectivity index (χ1n) is 6.00. The van der Waals surface area contributed by atoms with Gasteiger partial charge in [-0.3, -0.25) is 0 Å². The van der Waals surface area contributed by atoms with Crippen LogP contribution in [-0.4, -0.2) is 15.5 Å². The van der Waals surface area contributed by atoms with Gasteiger partial charge in [0.2, 0.25) is 10.0 Å². The highest BCUT2D eigenvalue weighted by molar-refractivity contribution is 7.89. The van der Waals surface area contributed by atoms with Crippen molar-refractivity contribution >= 4 is 10.0 Å². The average Bonchev–Trinajstić information content (AvgIpc) is 2.45. The molecule has 0 atom stereocenters. The standard InChI is InChI=1S/C14H13F2NO3S/c1-20-14-6-5-12(8-13(14)16)21(18,19)17-9-10-3-2-4-11(15)7-10/h2-8,17H,9H2,1H3. The highest BCUT2D eigenvalue weighted by Crippen LogP contribution is 2.20. The van der Waals surface area contributed by atoms with Crippen LogP contribution in [0.25, 0.3) is 0 Å². The number of methoxy groups -OCH3 is 1. The number of rotatable bonds is 5. The molecule has 4 nitrogen and oxygen atoms in total. The molecule has 0 saturated heterocycles. The lowest BCUT2D eigenvalue weighted by atomic mass is 10.2.